The molecule has 2 aromatic carbocycles. The largest absolute Gasteiger partial charge is 0.484 e. The Labute approximate surface area is 149 Å². The Morgan fingerprint density at radius 2 is 1.72 bits per heavy atom. The van der Waals surface area contributed by atoms with E-state index in [1.807, 2.05) is 54.6 Å². The fraction of sp³-hybridized carbons (Fsp3) is 0.333. The smallest absolute Gasteiger partial charge is 0.236 e. The van der Waals surface area contributed by atoms with Crippen LogP contribution >= 0.6 is 0 Å². The first kappa shape index (κ1) is 17.2. The van der Waals surface area contributed by atoms with Gasteiger partial charge >= 0.3 is 0 Å². The van der Waals surface area contributed by atoms with E-state index in [0.29, 0.717) is 6.42 Å². The van der Waals surface area contributed by atoms with Crippen LogP contribution in [0.3, 0.4) is 0 Å². The van der Waals surface area contributed by atoms with E-state index < -0.39 is 0 Å². The highest BCUT2D eigenvalue weighted by Gasteiger charge is 2.27. The summed E-state index contributed by atoms with van der Waals surface area (Å²) in [6.07, 6.45) is 5.32. The second kappa shape index (κ2) is 8.47. The molecule has 0 atom stereocenters. The normalized spacial score (nSPS) is 16.3. The number of carbonyl (C=O) groups is 1. The zero-order chi connectivity index (χ0) is 17.5. The predicted octanol–water partition coefficient (Wildman–Crippen LogP) is 4.51. The minimum atomic E-state index is 0.146. The Kier molecular flexibility index (Phi) is 5.83. The average Bonchev–Trinajstić information content (AvgIpc) is 2.82. The number of para-hydroxylation sites is 2. The van der Waals surface area contributed by atoms with E-state index >= 15 is 0 Å². The van der Waals surface area contributed by atoms with Crippen molar-refractivity contribution in [2.75, 3.05) is 18.6 Å². The number of anilines is 2. The molecule has 0 fully saturated rings. The lowest BCUT2D eigenvalue weighted by Crippen LogP contribution is -2.20. The summed E-state index contributed by atoms with van der Waals surface area (Å²) in [5.41, 5.74) is 3.06. The number of hydrogen-bond donors (Lipinski definition) is 0. The fourth-order valence-electron chi connectivity index (χ4n) is 3.13. The van der Waals surface area contributed by atoms with Crippen molar-refractivity contribution in [3.63, 3.8) is 0 Å². The van der Waals surface area contributed by atoms with Gasteiger partial charge in [-0.15, -0.1) is 0 Å². The molecule has 4 rings (SSSR count). The summed E-state index contributed by atoms with van der Waals surface area (Å²) in [6, 6.07) is 17.7. The highest BCUT2D eigenvalue weighted by Crippen LogP contribution is 2.34. The molecule has 0 unspecified atom stereocenters. The van der Waals surface area contributed by atoms with E-state index in [0.717, 1.165) is 35.8 Å². The molecule has 1 amide bonds. The summed E-state index contributed by atoms with van der Waals surface area (Å²) in [6.45, 7) is 0.961. The van der Waals surface area contributed by atoms with Crippen LogP contribution in [0.2, 0.25) is 0 Å². The summed E-state index contributed by atoms with van der Waals surface area (Å²) >= 11 is 0. The van der Waals surface area contributed by atoms with Crippen molar-refractivity contribution in [3.8, 4) is 0 Å². The predicted molar refractivity (Wildman–Crippen MR) is 102 cm³/mol. The number of carbonyl (C=O) groups excluding carboxylic acids is 1. The van der Waals surface area contributed by atoms with Crippen molar-refractivity contribution in [1.82, 2.24) is 0 Å². The van der Waals surface area contributed by atoms with Crippen molar-refractivity contribution in [1.29, 1.82) is 0 Å². The Morgan fingerprint density at radius 1 is 0.960 bits per heavy atom. The number of benzene rings is 2. The topological polar surface area (TPSA) is 41.9 Å². The van der Waals surface area contributed by atoms with Crippen LogP contribution in [0.15, 0.2) is 59.6 Å². The van der Waals surface area contributed by atoms with Gasteiger partial charge in [0.05, 0.1) is 19.2 Å². The lowest BCUT2D eigenvalue weighted by molar-refractivity contribution is -0.116. The highest BCUT2D eigenvalue weighted by molar-refractivity contribution is 6.07. The van der Waals surface area contributed by atoms with Crippen molar-refractivity contribution in [2.45, 2.75) is 32.1 Å². The number of methoxy groups -OCH3 is 1. The van der Waals surface area contributed by atoms with Crippen LogP contribution in [0.1, 0.15) is 31.2 Å². The quantitative estimate of drug-likeness (QED) is 0.769. The molecule has 0 aliphatic carbocycles. The van der Waals surface area contributed by atoms with Crippen LogP contribution in [-0.2, 0) is 16.0 Å². The lowest BCUT2D eigenvalue weighted by Gasteiger charge is -2.17. The Balaban J connectivity index is 0.000000173. The standard InChI is InChI=1S/C14H11NO.C7H13NO/c16-14-10-11-6-4-5-9-13(11)15(14)12-7-2-1-3-8-12;1-9-7-5-3-2-4-6-8-7/h1-9H,10H2;2-6H2,1H3. The Morgan fingerprint density at radius 3 is 2.52 bits per heavy atom. The summed E-state index contributed by atoms with van der Waals surface area (Å²) in [5.74, 6) is 1.08. The summed E-state index contributed by atoms with van der Waals surface area (Å²) in [7, 11) is 1.70. The van der Waals surface area contributed by atoms with Crippen molar-refractivity contribution >= 4 is 23.2 Å². The first-order valence-electron chi connectivity index (χ1n) is 8.83. The number of ether oxygens (including phenoxy) is 1. The van der Waals surface area contributed by atoms with Crippen molar-refractivity contribution in [3.05, 3.63) is 60.2 Å². The van der Waals surface area contributed by atoms with Crippen LogP contribution in [0.25, 0.3) is 0 Å². The molecule has 2 aromatic rings. The lowest BCUT2D eigenvalue weighted by atomic mass is 10.2. The molecule has 0 aromatic heterocycles. The number of nitrogens with zero attached hydrogens (tertiary/aromatic N) is 2. The molecule has 4 nitrogen and oxygen atoms in total. The van der Waals surface area contributed by atoms with Gasteiger partial charge in [0, 0.05) is 18.7 Å². The minimum Gasteiger partial charge on any atom is -0.484 e. The summed E-state index contributed by atoms with van der Waals surface area (Å²) in [5, 5.41) is 0. The van der Waals surface area contributed by atoms with Gasteiger partial charge < -0.3 is 4.74 Å². The second-order valence-electron chi connectivity index (χ2n) is 6.16. The summed E-state index contributed by atoms with van der Waals surface area (Å²) < 4.78 is 5.02. The number of fused-ring (bicyclic) bond motifs is 1. The zero-order valence-electron chi connectivity index (χ0n) is 14.6. The molecule has 2 heterocycles. The monoisotopic (exact) mass is 336 g/mol. The molecule has 130 valence electrons. The maximum atomic E-state index is 12.0. The maximum absolute atomic E-state index is 12.0. The average molecular weight is 336 g/mol. The molecule has 0 saturated heterocycles. The van der Waals surface area contributed by atoms with Crippen LogP contribution in [0.5, 0.6) is 0 Å². The molecule has 0 N–H and O–H groups in total. The molecule has 0 saturated carbocycles. The van der Waals surface area contributed by atoms with Gasteiger partial charge in [-0.3, -0.25) is 14.7 Å². The highest BCUT2D eigenvalue weighted by atomic mass is 16.5. The van der Waals surface area contributed by atoms with Crippen LogP contribution in [0.4, 0.5) is 11.4 Å². The second-order valence-corrected chi connectivity index (χ2v) is 6.16. The third-order valence-electron chi connectivity index (χ3n) is 4.41. The SMILES string of the molecule is COC1=NCCCCC1.O=C1Cc2ccccc2N1c1ccccc1. The molecule has 2 aliphatic rings. The van der Waals surface area contributed by atoms with Gasteiger partial charge in [-0.1, -0.05) is 42.8 Å². The van der Waals surface area contributed by atoms with E-state index in [9.17, 15) is 4.79 Å². The molecule has 4 heteroatoms. The number of amides is 1. The van der Waals surface area contributed by atoms with Crippen LogP contribution in [-0.4, -0.2) is 25.5 Å². The first-order valence-corrected chi connectivity index (χ1v) is 8.83. The molecular formula is C21H24N2O2. The molecule has 2 aliphatic heterocycles. The first-order chi connectivity index (χ1) is 12.3. The molecule has 0 radical (unpaired) electrons. The number of rotatable bonds is 1. The Bertz CT molecular complexity index is 741. The van der Waals surface area contributed by atoms with Gasteiger partial charge in [0.15, 0.2) is 5.90 Å². The van der Waals surface area contributed by atoms with Crippen molar-refractivity contribution in [2.24, 2.45) is 4.99 Å². The third kappa shape index (κ3) is 4.27. The zero-order valence-corrected chi connectivity index (χ0v) is 14.6. The van der Waals surface area contributed by atoms with Gasteiger partial charge in [-0.05, 0) is 36.6 Å². The van der Waals surface area contributed by atoms with Gasteiger partial charge in [0.1, 0.15) is 0 Å². The van der Waals surface area contributed by atoms with E-state index in [-0.39, 0.29) is 5.91 Å². The minimum absolute atomic E-state index is 0.146. The van der Waals surface area contributed by atoms with Crippen LogP contribution < -0.4 is 4.90 Å². The van der Waals surface area contributed by atoms with E-state index in [1.165, 1.54) is 19.3 Å². The molecule has 0 bridgehead atoms. The van der Waals surface area contributed by atoms with E-state index in [4.69, 9.17) is 4.74 Å². The van der Waals surface area contributed by atoms with E-state index in [2.05, 4.69) is 4.99 Å². The van der Waals surface area contributed by atoms with Gasteiger partial charge in [-0.2, -0.15) is 0 Å². The van der Waals surface area contributed by atoms with Gasteiger partial charge in [-0.25, -0.2) is 0 Å². The van der Waals surface area contributed by atoms with Gasteiger partial charge in [0.25, 0.3) is 0 Å². The third-order valence-corrected chi connectivity index (χ3v) is 4.41. The van der Waals surface area contributed by atoms with Gasteiger partial charge in [0.2, 0.25) is 5.91 Å². The molecule has 0 spiro atoms. The Hall–Kier alpha value is -2.62. The maximum Gasteiger partial charge on any atom is 0.236 e. The van der Waals surface area contributed by atoms with Crippen molar-refractivity contribution < 1.29 is 9.53 Å². The molecule has 25 heavy (non-hydrogen) atoms. The summed E-state index contributed by atoms with van der Waals surface area (Å²) in [4.78, 5) is 18.0. The van der Waals surface area contributed by atoms with Crippen LogP contribution in [0, 0.1) is 0 Å². The molecular weight excluding hydrogens is 312 g/mol. The van der Waals surface area contributed by atoms with E-state index in [1.54, 1.807) is 12.0 Å². The fourth-order valence-corrected chi connectivity index (χ4v) is 3.13. The number of hydrogen-bond acceptors (Lipinski definition) is 3. The number of aliphatic imine (C=N–C) groups is 1.